The van der Waals surface area contributed by atoms with E-state index in [0.717, 1.165) is 0 Å². The number of ether oxygens (including phenoxy) is 2. The molecule has 10 nitrogen and oxygen atoms in total. The summed E-state index contributed by atoms with van der Waals surface area (Å²) < 4.78 is 9.94. The average Bonchev–Trinajstić information content (AvgIpc) is 3.01. The molecule has 4 N–H and O–H groups in total. The van der Waals surface area contributed by atoms with Crippen LogP contribution in [0.3, 0.4) is 0 Å². The van der Waals surface area contributed by atoms with Crippen molar-refractivity contribution in [3.8, 4) is 11.5 Å². The summed E-state index contributed by atoms with van der Waals surface area (Å²) in [5, 5.41) is 17.9. The Bertz CT molecular complexity index is 1580. The van der Waals surface area contributed by atoms with E-state index in [1.807, 2.05) is 0 Å². The van der Waals surface area contributed by atoms with Crippen molar-refractivity contribution < 1.29 is 33.8 Å². The molecule has 0 unspecified atom stereocenters. The van der Waals surface area contributed by atoms with Gasteiger partial charge in [-0.05, 0) is 66.2 Å². The van der Waals surface area contributed by atoms with Crippen molar-refractivity contribution in [3.05, 3.63) is 119 Å². The average molecular weight is 568 g/mol. The van der Waals surface area contributed by atoms with Crippen LogP contribution in [0.25, 0.3) is 0 Å². The molecule has 3 amide bonds. The van der Waals surface area contributed by atoms with Crippen molar-refractivity contribution in [1.29, 1.82) is 0 Å². The van der Waals surface area contributed by atoms with E-state index in [9.17, 15) is 24.3 Å². The van der Waals surface area contributed by atoms with Crippen LogP contribution in [0.5, 0.6) is 11.5 Å². The van der Waals surface area contributed by atoms with Gasteiger partial charge < -0.3 is 30.5 Å². The van der Waals surface area contributed by atoms with Gasteiger partial charge >= 0.3 is 5.97 Å². The number of benzene rings is 4. The largest absolute Gasteiger partial charge is 0.508 e. The number of carbonyl (C=O) groups is 4. The molecule has 0 aliphatic heterocycles. The number of phenolic OH excluding ortho intramolecular Hbond substituents is 1. The maximum Gasteiger partial charge on any atom is 0.339 e. The lowest BCUT2D eigenvalue weighted by Gasteiger charge is -2.20. The third-order valence-corrected chi connectivity index (χ3v) is 6.36. The highest BCUT2D eigenvalue weighted by Gasteiger charge is 2.25. The number of methoxy groups -OCH3 is 2. The quantitative estimate of drug-likeness (QED) is 0.208. The standard InChI is InChI=1S/C32H29N3O7/c1-41-23-17-13-21(14-18-23)29(37)33-26-9-5-3-7-24(26)30(38)35-28(19-20-11-15-22(36)16-12-20)31(39)34-27-10-6-4-8-25(27)32(40)42-2/h3-18,28,36H,19H2,1-2H3,(H,33,37)(H,34,39)(H,35,38)/t28-/m1/s1. The SMILES string of the molecule is COC(=O)c1ccccc1NC(=O)[C@@H](Cc1ccc(O)cc1)NC(=O)c1ccccc1NC(=O)c1ccc(OC)cc1. The summed E-state index contributed by atoms with van der Waals surface area (Å²) in [7, 11) is 2.76. The number of rotatable bonds is 10. The molecule has 42 heavy (non-hydrogen) atoms. The smallest absolute Gasteiger partial charge is 0.339 e. The van der Waals surface area contributed by atoms with E-state index in [-0.39, 0.29) is 34.7 Å². The number of amides is 3. The Labute approximate surface area is 242 Å². The van der Waals surface area contributed by atoms with Gasteiger partial charge in [-0.15, -0.1) is 0 Å². The Morgan fingerprint density at radius 2 is 1.31 bits per heavy atom. The molecule has 10 heteroatoms. The third kappa shape index (κ3) is 7.30. The molecule has 0 spiro atoms. The minimum Gasteiger partial charge on any atom is -0.508 e. The molecule has 0 bridgehead atoms. The van der Waals surface area contributed by atoms with Gasteiger partial charge in [-0.25, -0.2) is 4.79 Å². The molecule has 1 atom stereocenters. The summed E-state index contributed by atoms with van der Waals surface area (Å²) in [6.07, 6.45) is 0.0681. The van der Waals surface area contributed by atoms with Crippen LogP contribution in [0.1, 0.15) is 36.6 Å². The van der Waals surface area contributed by atoms with Crippen LogP contribution < -0.4 is 20.7 Å². The van der Waals surface area contributed by atoms with Gasteiger partial charge in [0.05, 0.1) is 36.7 Å². The summed E-state index contributed by atoms with van der Waals surface area (Å²) in [6, 6.07) is 24.4. The summed E-state index contributed by atoms with van der Waals surface area (Å²) >= 11 is 0. The van der Waals surface area contributed by atoms with Crippen LogP contribution in [0.15, 0.2) is 97.1 Å². The highest BCUT2D eigenvalue weighted by atomic mass is 16.5. The molecule has 4 rings (SSSR count). The van der Waals surface area contributed by atoms with E-state index in [1.165, 1.54) is 38.5 Å². The first-order valence-electron chi connectivity index (χ1n) is 12.9. The minimum absolute atomic E-state index is 0.0531. The zero-order valence-electron chi connectivity index (χ0n) is 22.9. The minimum atomic E-state index is -1.10. The topological polar surface area (TPSA) is 143 Å². The molecule has 4 aromatic rings. The Balaban J connectivity index is 1.58. The lowest BCUT2D eigenvalue weighted by molar-refractivity contribution is -0.118. The summed E-state index contributed by atoms with van der Waals surface area (Å²) in [5.74, 6) is -1.62. The number of esters is 1. The van der Waals surface area contributed by atoms with Crippen LogP contribution in [0.2, 0.25) is 0 Å². The van der Waals surface area contributed by atoms with Gasteiger partial charge in [-0.3, -0.25) is 14.4 Å². The Kier molecular flexibility index (Phi) is 9.52. The van der Waals surface area contributed by atoms with Crippen LogP contribution in [-0.2, 0) is 16.0 Å². The van der Waals surface area contributed by atoms with Crippen LogP contribution >= 0.6 is 0 Å². The van der Waals surface area contributed by atoms with Crippen molar-refractivity contribution in [3.63, 3.8) is 0 Å². The summed E-state index contributed by atoms with van der Waals surface area (Å²) in [5.41, 5.74) is 1.77. The number of para-hydroxylation sites is 2. The number of phenols is 1. The number of hydrogen-bond donors (Lipinski definition) is 4. The van der Waals surface area contributed by atoms with E-state index >= 15 is 0 Å². The number of anilines is 2. The first kappa shape index (κ1) is 29.3. The molecule has 0 heterocycles. The molecular weight excluding hydrogens is 538 g/mol. The van der Waals surface area contributed by atoms with Crippen molar-refractivity contribution in [2.45, 2.75) is 12.5 Å². The summed E-state index contributed by atoms with van der Waals surface area (Å²) in [6.45, 7) is 0. The van der Waals surface area contributed by atoms with Crippen LogP contribution in [0, 0.1) is 0 Å². The monoisotopic (exact) mass is 567 g/mol. The molecule has 0 aromatic heterocycles. The van der Waals surface area contributed by atoms with Crippen LogP contribution in [0.4, 0.5) is 11.4 Å². The molecule has 214 valence electrons. The molecule has 0 aliphatic carbocycles. The Morgan fingerprint density at radius 3 is 1.93 bits per heavy atom. The van der Waals surface area contributed by atoms with Gasteiger partial charge in [-0.2, -0.15) is 0 Å². The van der Waals surface area contributed by atoms with Crippen molar-refractivity contribution in [1.82, 2.24) is 5.32 Å². The molecule has 0 aliphatic rings. The van der Waals surface area contributed by atoms with E-state index in [4.69, 9.17) is 9.47 Å². The van der Waals surface area contributed by atoms with E-state index in [2.05, 4.69) is 16.0 Å². The zero-order valence-corrected chi connectivity index (χ0v) is 22.9. The second-order valence-electron chi connectivity index (χ2n) is 9.15. The molecule has 4 aromatic carbocycles. The van der Waals surface area contributed by atoms with Gasteiger partial charge in [0.2, 0.25) is 5.91 Å². The molecule has 0 radical (unpaired) electrons. The lowest BCUT2D eigenvalue weighted by Crippen LogP contribution is -2.45. The second-order valence-corrected chi connectivity index (χ2v) is 9.15. The van der Waals surface area contributed by atoms with Gasteiger partial charge in [0.1, 0.15) is 17.5 Å². The maximum atomic E-state index is 13.5. The molecular formula is C32H29N3O7. The maximum absolute atomic E-state index is 13.5. The highest BCUT2D eigenvalue weighted by Crippen LogP contribution is 2.20. The Morgan fingerprint density at radius 1 is 0.714 bits per heavy atom. The van der Waals surface area contributed by atoms with Gasteiger partial charge in [-0.1, -0.05) is 36.4 Å². The first-order chi connectivity index (χ1) is 20.3. The lowest BCUT2D eigenvalue weighted by atomic mass is 10.0. The predicted molar refractivity (Wildman–Crippen MR) is 157 cm³/mol. The number of carbonyl (C=O) groups excluding carboxylic acids is 4. The van der Waals surface area contributed by atoms with E-state index in [0.29, 0.717) is 16.9 Å². The number of hydrogen-bond acceptors (Lipinski definition) is 7. The normalized spacial score (nSPS) is 11.1. The number of aromatic hydroxyl groups is 1. The molecule has 0 fully saturated rings. The van der Waals surface area contributed by atoms with E-state index in [1.54, 1.807) is 72.8 Å². The number of nitrogens with one attached hydrogen (secondary N) is 3. The fraction of sp³-hybridized carbons (Fsp3) is 0.125. The van der Waals surface area contributed by atoms with Gasteiger partial charge in [0, 0.05) is 12.0 Å². The zero-order chi connectivity index (χ0) is 30.1. The van der Waals surface area contributed by atoms with Crippen LogP contribution in [-0.4, -0.2) is 49.1 Å². The second kappa shape index (κ2) is 13.6. The third-order valence-electron chi connectivity index (χ3n) is 6.36. The van der Waals surface area contributed by atoms with Crippen molar-refractivity contribution in [2.24, 2.45) is 0 Å². The fourth-order valence-electron chi connectivity index (χ4n) is 4.14. The van der Waals surface area contributed by atoms with Gasteiger partial charge in [0.25, 0.3) is 11.8 Å². The fourth-order valence-corrected chi connectivity index (χ4v) is 4.14. The van der Waals surface area contributed by atoms with E-state index < -0.39 is 29.7 Å². The Hall–Kier alpha value is -5.64. The summed E-state index contributed by atoms with van der Waals surface area (Å²) in [4.78, 5) is 52.2. The molecule has 0 saturated carbocycles. The highest BCUT2D eigenvalue weighted by molar-refractivity contribution is 6.10. The van der Waals surface area contributed by atoms with Crippen molar-refractivity contribution in [2.75, 3.05) is 24.9 Å². The van der Waals surface area contributed by atoms with Gasteiger partial charge in [0.15, 0.2) is 0 Å². The predicted octanol–water partition coefficient (Wildman–Crippen LogP) is 4.42. The first-order valence-corrected chi connectivity index (χ1v) is 12.9. The molecule has 0 saturated heterocycles. The van der Waals surface area contributed by atoms with Crippen molar-refractivity contribution >= 4 is 35.1 Å².